The molecule has 0 atom stereocenters. The molecular formula is C17H18N2O2. The number of aryl methyl sites for hydroxylation is 1. The summed E-state index contributed by atoms with van der Waals surface area (Å²) in [4.78, 5) is 12.2. The van der Waals surface area contributed by atoms with Crippen molar-refractivity contribution in [3.63, 3.8) is 0 Å². The molecule has 4 heteroatoms. The van der Waals surface area contributed by atoms with E-state index in [4.69, 9.17) is 10.00 Å². The molecule has 2 heterocycles. The maximum Gasteiger partial charge on any atom is 0.355 e. The molecule has 21 heavy (non-hydrogen) atoms. The smallest absolute Gasteiger partial charge is 0.355 e. The van der Waals surface area contributed by atoms with Crippen LogP contribution in [0.5, 0.6) is 0 Å². The van der Waals surface area contributed by atoms with E-state index in [0.29, 0.717) is 11.3 Å². The molecule has 0 bridgehead atoms. The molecule has 3 rings (SSSR count). The number of methoxy groups -OCH3 is 1. The Morgan fingerprint density at radius 1 is 1.24 bits per heavy atom. The second-order valence-electron chi connectivity index (χ2n) is 5.49. The molecular weight excluding hydrogens is 264 g/mol. The van der Waals surface area contributed by atoms with Crippen LogP contribution in [-0.2, 0) is 17.6 Å². The Bertz CT molecular complexity index is 737. The SMILES string of the molecule is COC(=O)c1c2c(c3cc(C#N)ccn13)CCCCCC2. The summed E-state index contributed by atoms with van der Waals surface area (Å²) in [6.45, 7) is 0. The van der Waals surface area contributed by atoms with Gasteiger partial charge in [0.1, 0.15) is 5.69 Å². The van der Waals surface area contributed by atoms with Gasteiger partial charge in [0.25, 0.3) is 0 Å². The molecule has 0 N–H and O–H groups in total. The van der Waals surface area contributed by atoms with E-state index in [1.54, 1.807) is 6.07 Å². The van der Waals surface area contributed by atoms with Crippen molar-refractivity contribution in [1.29, 1.82) is 5.26 Å². The predicted molar refractivity (Wildman–Crippen MR) is 79.3 cm³/mol. The van der Waals surface area contributed by atoms with Gasteiger partial charge in [0, 0.05) is 6.20 Å². The fourth-order valence-electron chi connectivity index (χ4n) is 3.26. The third-order valence-electron chi connectivity index (χ3n) is 4.27. The number of fused-ring (bicyclic) bond motifs is 3. The van der Waals surface area contributed by atoms with E-state index in [0.717, 1.165) is 36.8 Å². The summed E-state index contributed by atoms with van der Waals surface area (Å²) >= 11 is 0. The highest BCUT2D eigenvalue weighted by atomic mass is 16.5. The molecule has 0 saturated heterocycles. The van der Waals surface area contributed by atoms with Crippen LogP contribution >= 0.6 is 0 Å². The van der Waals surface area contributed by atoms with Gasteiger partial charge in [-0.15, -0.1) is 0 Å². The van der Waals surface area contributed by atoms with Crippen molar-refractivity contribution < 1.29 is 9.53 Å². The molecule has 0 aromatic carbocycles. The van der Waals surface area contributed by atoms with Gasteiger partial charge in [0.05, 0.1) is 24.3 Å². The minimum absolute atomic E-state index is 0.295. The highest BCUT2D eigenvalue weighted by Gasteiger charge is 2.24. The van der Waals surface area contributed by atoms with Crippen LogP contribution in [0.3, 0.4) is 0 Å². The molecule has 0 aliphatic heterocycles. The van der Waals surface area contributed by atoms with Crippen LogP contribution in [0.2, 0.25) is 0 Å². The second kappa shape index (κ2) is 5.61. The molecule has 0 amide bonds. The van der Waals surface area contributed by atoms with Gasteiger partial charge in [0.15, 0.2) is 0 Å². The lowest BCUT2D eigenvalue weighted by Crippen LogP contribution is -2.09. The number of rotatable bonds is 1. The number of nitriles is 1. The number of carbonyl (C=O) groups is 1. The zero-order valence-electron chi connectivity index (χ0n) is 12.2. The number of ether oxygens (including phenoxy) is 1. The normalized spacial score (nSPS) is 14.9. The van der Waals surface area contributed by atoms with Crippen LogP contribution in [0, 0.1) is 11.3 Å². The Balaban J connectivity index is 2.30. The van der Waals surface area contributed by atoms with Crippen molar-refractivity contribution in [3.05, 3.63) is 40.7 Å². The average Bonchev–Trinajstić information content (AvgIpc) is 2.78. The summed E-state index contributed by atoms with van der Waals surface area (Å²) in [5.41, 5.74) is 4.56. The van der Waals surface area contributed by atoms with Gasteiger partial charge < -0.3 is 9.14 Å². The lowest BCUT2D eigenvalue weighted by Gasteiger charge is -2.10. The first kappa shape index (κ1) is 13.7. The van der Waals surface area contributed by atoms with Crippen LogP contribution in [0.4, 0.5) is 0 Å². The quantitative estimate of drug-likeness (QED) is 0.754. The fraction of sp³-hybridized carbons (Fsp3) is 0.412. The van der Waals surface area contributed by atoms with E-state index in [1.165, 1.54) is 25.5 Å². The first-order valence-corrected chi connectivity index (χ1v) is 7.40. The topological polar surface area (TPSA) is 54.5 Å². The summed E-state index contributed by atoms with van der Waals surface area (Å²) in [7, 11) is 1.42. The zero-order chi connectivity index (χ0) is 14.8. The van der Waals surface area contributed by atoms with E-state index in [2.05, 4.69) is 6.07 Å². The van der Waals surface area contributed by atoms with Gasteiger partial charge in [-0.3, -0.25) is 0 Å². The Labute approximate surface area is 123 Å². The van der Waals surface area contributed by atoms with E-state index in [9.17, 15) is 4.79 Å². The van der Waals surface area contributed by atoms with Crippen molar-refractivity contribution in [1.82, 2.24) is 4.40 Å². The maximum absolute atomic E-state index is 12.2. The van der Waals surface area contributed by atoms with Crippen molar-refractivity contribution in [2.24, 2.45) is 0 Å². The zero-order valence-corrected chi connectivity index (χ0v) is 12.2. The molecule has 0 spiro atoms. The predicted octanol–water partition coefficient (Wildman–Crippen LogP) is 3.26. The molecule has 0 fully saturated rings. The number of aromatic nitrogens is 1. The minimum Gasteiger partial charge on any atom is -0.464 e. The summed E-state index contributed by atoms with van der Waals surface area (Å²) in [6.07, 6.45) is 8.33. The second-order valence-corrected chi connectivity index (χ2v) is 5.49. The maximum atomic E-state index is 12.2. The molecule has 1 aliphatic rings. The third-order valence-corrected chi connectivity index (χ3v) is 4.27. The Kier molecular flexibility index (Phi) is 3.66. The highest BCUT2D eigenvalue weighted by Crippen LogP contribution is 2.30. The van der Waals surface area contributed by atoms with E-state index >= 15 is 0 Å². The number of esters is 1. The largest absolute Gasteiger partial charge is 0.464 e. The van der Waals surface area contributed by atoms with E-state index in [1.807, 2.05) is 16.7 Å². The number of pyridine rings is 1. The van der Waals surface area contributed by atoms with Crippen LogP contribution in [0.1, 0.15) is 52.9 Å². The summed E-state index contributed by atoms with van der Waals surface area (Å²) in [5, 5.41) is 9.11. The van der Waals surface area contributed by atoms with Crippen LogP contribution in [-0.4, -0.2) is 17.5 Å². The average molecular weight is 282 g/mol. The van der Waals surface area contributed by atoms with Crippen molar-refractivity contribution in [2.45, 2.75) is 38.5 Å². The van der Waals surface area contributed by atoms with Crippen molar-refractivity contribution in [2.75, 3.05) is 7.11 Å². The van der Waals surface area contributed by atoms with Crippen molar-refractivity contribution in [3.8, 4) is 6.07 Å². The Hall–Kier alpha value is -2.28. The van der Waals surface area contributed by atoms with Gasteiger partial charge >= 0.3 is 5.97 Å². The highest BCUT2D eigenvalue weighted by molar-refractivity contribution is 5.92. The fourth-order valence-corrected chi connectivity index (χ4v) is 3.26. The first-order valence-electron chi connectivity index (χ1n) is 7.40. The lowest BCUT2D eigenvalue weighted by molar-refractivity contribution is 0.0591. The number of carbonyl (C=O) groups excluding carboxylic acids is 1. The van der Waals surface area contributed by atoms with E-state index < -0.39 is 0 Å². The van der Waals surface area contributed by atoms with E-state index in [-0.39, 0.29) is 5.97 Å². The minimum atomic E-state index is -0.295. The molecule has 108 valence electrons. The lowest BCUT2D eigenvalue weighted by atomic mass is 9.94. The molecule has 1 aliphatic carbocycles. The molecule has 2 aromatic heterocycles. The Morgan fingerprint density at radius 2 is 1.95 bits per heavy atom. The van der Waals surface area contributed by atoms with Crippen LogP contribution in [0.25, 0.3) is 5.52 Å². The summed E-state index contributed by atoms with van der Waals surface area (Å²) < 4.78 is 6.86. The molecule has 0 radical (unpaired) electrons. The Morgan fingerprint density at radius 3 is 2.62 bits per heavy atom. The van der Waals surface area contributed by atoms with Gasteiger partial charge in [-0.05, 0) is 48.9 Å². The monoisotopic (exact) mass is 282 g/mol. The summed E-state index contributed by atoms with van der Waals surface area (Å²) in [5.74, 6) is -0.295. The van der Waals surface area contributed by atoms with Gasteiger partial charge in [0.2, 0.25) is 0 Å². The standard InChI is InChI=1S/C17H18N2O2/c1-21-17(20)16-14-7-5-3-2-4-6-13(14)15-10-12(11-18)8-9-19(15)16/h8-10H,2-7H2,1H3. The number of hydrogen-bond donors (Lipinski definition) is 0. The number of nitrogens with zero attached hydrogens (tertiary/aromatic N) is 2. The van der Waals surface area contributed by atoms with Crippen molar-refractivity contribution >= 4 is 11.5 Å². The number of hydrogen-bond acceptors (Lipinski definition) is 3. The molecule has 2 aromatic rings. The summed E-state index contributed by atoms with van der Waals surface area (Å²) in [6, 6.07) is 5.80. The molecule has 0 saturated carbocycles. The van der Waals surface area contributed by atoms with Crippen LogP contribution in [0.15, 0.2) is 18.3 Å². The van der Waals surface area contributed by atoms with Crippen LogP contribution < -0.4 is 0 Å². The van der Waals surface area contributed by atoms with Gasteiger partial charge in [-0.25, -0.2) is 4.79 Å². The first-order chi connectivity index (χ1) is 10.3. The third kappa shape index (κ3) is 2.29. The van der Waals surface area contributed by atoms with Gasteiger partial charge in [-0.2, -0.15) is 5.26 Å². The van der Waals surface area contributed by atoms with Gasteiger partial charge in [-0.1, -0.05) is 12.8 Å². The molecule has 4 nitrogen and oxygen atoms in total. The molecule has 0 unspecified atom stereocenters.